The van der Waals surface area contributed by atoms with Crippen molar-refractivity contribution in [1.82, 2.24) is 15.0 Å². The van der Waals surface area contributed by atoms with Crippen molar-refractivity contribution in [2.75, 3.05) is 19.7 Å². The van der Waals surface area contributed by atoms with Gasteiger partial charge in [-0.05, 0) is 32.4 Å². The van der Waals surface area contributed by atoms with Crippen molar-refractivity contribution in [3.8, 4) is 0 Å². The maximum absolute atomic E-state index is 6.12. The Morgan fingerprint density at radius 2 is 2.16 bits per heavy atom. The first kappa shape index (κ1) is 16.7. The normalized spacial score (nSPS) is 22.9. The number of likely N-dealkylation sites (tertiary alicyclic amines) is 1. The maximum Gasteiger partial charge on any atom is 0.133 e. The number of rotatable bonds is 5. The minimum absolute atomic E-state index is 0.0538. The minimum atomic E-state index is -0.0538. The molecule has 2 aliphatic heterocycles. The molecule has 4 rings (SSSR count). The third kappa shape index (κ3) is 3.92. The average Bonchev–Trinajstić information content (AvgIpc) is 2.97. The Hall–Kier alpha value is -1.76. The molecule has 0 saturated carbocycles. The van der Waals surface area contributed by atoms with Crippen LogP contribution in [0.2, 0.25) is 0 Å². The highest BCUT2D eigenvalue weighted by Crippen LogP contribution is 2.36. The first-order chi connectivity index (χ1) is 12.1. The summed E-state index contributed by atoms with van der Waals surface area (Å²) in [7, 11) is 0. The van der Waals surface area contributed by atoms with Gasteiger partial charge in [0.15, 0.2) is 0 Å². The number of pyridine rings is 1. The van der Waals surface area contributed by atoms with E-state index in [1.807, 2.05) is 38.1 Å². The topological polar surface area (TPSA) is 60.6 Å². The third-order valence-electron chi connectivity index (χ3n) is 4.95. The van der Waals surface area contributed by atoms with Crippen LogP contribution in [0.15, 0.2) is 28.8 Å². The van der Waals surface area contributed by atoms with E-state index >= 15 is 0 Å². The Balaban J connectivity index is 1.27. The summed E-state index contributed by atoms with van der Waals surface area (Å²) in [5, 5.41) is 4.07. The summed E-state index contributed by atoms with van der Waals surface area (Å²) in [5.41, 5.74) is 2.96. The molecule has 0 amide bonds. The molecule has 134 valence electrons. The number of hydrogen-bond acceptors (Lipinski definition) is 6. The Morgan fingerprint density at radius 1 is 1.28 bits per heavy atom. The number of nitrogens with zero attached hydrogens (tertiary/aromatic N) is 3. The van der Waals surface area contributed by atoms with E-state index in [-0.39, 0.29) is 11.7 Å². The fraction of sp³-hybridized carbons (Fsp3) is 0.579. The second-order valence-corrected chi connectivity index (χ2v) is 7.30. The van der Waals surface area contributed by atoms with Gasteiger partial charge in [-0.3, -0.25) is 9.88 Å². The zero-order valence-electron chi connectivity index (χ0n) is 14.9. The summed E-state index contributed by atoms with van der Waals surface area (Å²) in [6.07, 6.45) is 2.15. The van der Waals surface area contributed by atoms with Crippen LogP contribution in [0.25, 0.3) is 0 Å². The van der Waals surface area contributed by atoms with Gasteiger partial charge in [-0.25, -0.2) is 0 Å². The molecule has 0 bridgehead atoms. The van der Waals surface area contributed by atoms with Gasteiger partial charge in [0.1, 0.15) is 5.76 Å². The number of ether oxygens (including phenoxy) is 2. The van der Waals surface area contributed by atoms with Gasteiger partial charge in [0.05, 0.1) is 29.7 Å². The van der Waals surface area contributed by atoms with Crippen molar-refractivity contribution < 1.29 is 14.0 Å². The zero-order valence-corrected chi connectivity index (χ0v) is 14.9. The molecule has 2 fully saturated rings. The lowest BCUT2D eigenvalue weighted by Crippen LogP contribution is -2.65. The first-order valence-electron chi connectivity index (χ1n) is 8.93. The van der Waals surface area contributed by atoms with Gasteiger partial charge in [-0.1, -0.05) is 11.2 Å². The number of hydrogen-bond donors (Lipinski definition) is 0. The minimum Gasteiger partial charge on any atom is -0.372 e. The molecule has 0 N–H and O–H groups in total. The van der Waals surface area contributed by atoms with E-state index in [1.165, 1.54) is 0 Å². The highest BCUT2D eigenvalue weighted by atomic mass is 16.5. The van der Waals surface area contributed by atoms with E-state index in [2.05, 4.69) is 15.0 Å². The van der Waals surface area contributed by atoms with Gasteiger partial charge in [0.2, 0.25) is 0 Å². The molecule has 2 aromatic rings. The van der Waals surface area contributed by atoms with Crippen LogP contribution in [-0.2, 0) is 22.6 Å². The summed E-state index contributed by atoms with van der Waals surface area (Å²) < 4.78 is 17.4. The molecule has 0 aromatic carbocycles. The Bertz CT molecular complexity index is 724. The molecule has 6 nitrogen and oxygen atoms in total. The lowest BCUT2D eigenvalue weighted by atomic mass is 9.84. The highest BCUT2D eigenvalue weighted by Gasteiger charge is 2.47. The zero-order chi connectivity index (χ0) is 17.3. The van der Waals surface area contributed by atoms with Gasteiger partial charge < -0.3 is 14.0 Å². The lowest BCUT2D eigenvalue weighted by molar-refractivity contribution is -0.200. The fourth-order valence-corrected chi connectivity index (χ4v) is 3.83. The van der Waals surface area contributed by atoms with E-state index in [9.17, 15) is 0 Å². The van der Waals surface area contributed by atoms with Crippen molar-refractivity contribution >= 4 is 0 Å². The van der Waals surface area contributed by atoms with E-state index in [0.29, 0.717) is 6.61 Å². The van der Waals surface area contributed by atoms with Gasteiger partial charge in [0.25, 0.3) is 0 Å². The monoisotopic (exact) mass is 343 g/mol. The standard InChI is InChI=1S/C19H25N3O3/c1-14-4-3-5-16(20-14)11-23-18-6-7-24-19(9-18)12-22(13-19)10-17-8-15(2)25-21-17/h3-5,8,18H,6-7,9-13H2,1-2H3/t18-/m1/s1. The summed E-state index contributed by atoms with van der Waals surface area (Å²) in [5.74, 6) is 0.859. The molecule has 2 saturated heterocycles. The number of aryl methyl sites for hydroxylation is 2. The molecule has 4 heterocycles. The van der Waals surface area contributed by atoms with Crippen LogP contribution in [0, 0.1) is 13.8 Å². The van der Waals surface area contributed by atoms with E-state index in [1.54, 1.807) is 0 Å². The summed E-state index contributed by atoms with van der Waals surface area (Å²) in [6.45, 7) is 7.95. The molecule has 1 atom stereocenters. The van der Waals surface area contributed by atoms with Crippen LogP contribution < -0.4 is 0 Å². The number of aromatic nitrogens is 2. The van der Waals surface area contributed by atoms with Gasteiger partial charge in [-0.2, -0.15) is 0 Å². The summed E-state index contributed by atoms with van der Waals surface area (Å²) in [4.78, 5) is 6.86. The van der Waals surface area contributed by atoms with Crippen LogP contribution in [-0.4, -0.2) is 46.4 Å². The second-order valence-electron chi connectivity index (χ2n) is 7.30. The smallest absolute Gasteiger partial charge is 0.133 e. The average molecular weight is 343 g/mol. The Morgan fingerprint density at radius 3 is 2.92 bits per heavy atom. The summed E-state index contributed by atoms with van der Waals surface area (Å²) in [6, 6.07) is 8.05. The first-order valence-corrected chi connectivity index (χ1v) is 8.93. The van der Waals surface area contributed by atoms with Crippen molar-refractivity contribution in [2.45, 2.75) is 51.5 Å². The van der Waals surface area contributed by atoms with Crippen molar-refractivity contribution in [1.29, 1.82) is 0 Å². The molecule has 0 unspecified atom stereocenters. The molecule has 6 heteroatoms. The lowest BCUT2D eigenvalue weighted by Gasteiger charge is -2.53. The van der Waals surface area contributed by atoms with Crippen LogP contribution in [0.5, 0.6) is 0 Å². The molecule has 2 aliphatic rings. The van der Waals surface area contributed by atoms with Gasteiger partial charge in [-0.15, -0.1) is 0 Å². The molecule has 25 heavy (non-hydrogen) atoms. The van der Waals surface area contributed by atoms with Crippen molar-refractivity contribution in [3.63, 3.8) is 0 Å². The van der Waals surface area contributed by atoms with Crippen molar-refractivity contribution in [3.05, 3.63) is 47.1 Å². The molecule has 1 spiro atoms. The Labute approximate surface area is 148 Å². The van der Waals surface area contributed by atoms with Gasteiger partial charge in [0, 0.05) is 44.4 Å². The predicted molar refractivity (Wildman–Crippen MR) is 92.0 cm³/mol. The van der Waals surface area contributed by atoms with E-state index in [0.717, 1.165) is 61.9 Å². The maximum atomic E-state index is 6.12. The molecule has 0 aliphatic carbocycles. The molecular formula is C19H25N3O3. The third-order valence-corrected chi connectivity index (χ3v) is 4.95. The largest absolute Gasteiger partial charge is 0.372 e. The predicted octanol–water partition coefficient (Wildman–Crippen LogP) is 2.64. The van der Waals surface area contributed by atoms with E-state index in [4.69, 9.17) is 14.0 Å². The quantitative estimate of drug-likeness (QED) is 0.832. The van der Waals surface area contributed by atoms with E-state index < -0.39 is 0 Å². The fourth-order valence-electron chi connectivity index (χ4n) is 3.83. The molecule has 2 aromatic heterocycles. The van der Waals surface area contributed by atoms with Gasteiger partial charge >= 0.3 is 0 Å². The van der Waals surface area contributed by atoms with Crippen molar-refractivity contribution in [2.24, 2.45) is 0 Å². The molecule has 0 radical (unpaired) electrons. The second kappa shape index (κ2) is 6.86. The van der Waals surface area contributed by atoms with Crippen LogP contribution in [0.4, 0.5) is 0 Å². The SMILES string of the molecule is Cc1cccc(CO[C@@H]2CCOC3(C2)CN(Cc2cc(C)on2)C3)n1. The highest BCUT2D eigenvalue weighted by molar-refractivity contribution is 5.10. The van der Waals surface area contributed by atoms with Crippen LogP contribution >= 0.6 is 0 Å². The Kier molecular flexibility index (Phi) is 4.58. The molecular weight excluding hydrogens is 318 g/mol. The van der Waals surface area contributed by atoms with Crippen LogP contribution in [0.1, 0.15) is 35.7 Å². The summed E-state index contributed by atoms with van der Waals surface area (Å²) >= 11 is 0. The van der Waals surface area contributed by atoms with Crippen LogP contribution in [0.3, 0.4) is 0 Å².